The molecule has 7 heteroatoms. The topological polar surface area (TPSA) is 63.4 Å². The maximum absolute atomic E-state index is 12.7. The maximum Gasteiger partial charge on any atom is 0.244 e. The second-order valence-corrected chi connectivity index (χ2v) is 8.91. The summed E-state index contributed by atoms with van der Waals surface area (Å²) in [4.78, 5) is 0.139. The predicted molar refractivity (Wildman–Crippen MR) is 84.3 cm³/mol. The molecule has 0 bridgehead atoms. The van der Waals surface area contributed by atoms with E-state index in [2.05, 4.69) is 15.9 Å². The molecule has 1 aromatic rings. The zero-order valence-corrected chi connectivity index (χ0v) is 14.6. The third kappa shape index (κ3) is 2.90. The van der Waals surface area contributed by atoms with Gasteiger partial charge in [-0.1, -0.05) is 31.5 Å². The van der Waals surface area contributed by atoms with Crippen LogP contribution < -0.4 is 5.73 Å². The van der Waals surface area contributed by atoms with Crippen LogP contribution in [0.15, 0.2) is 27.6 Å². The molecule has 0 aromatic heterocycles. The molecular weight excluding hydrogens is 364 g/mol. The van der Waals surface area contributed by atoms with E-state index in [-0.39, 0.29) is 21.4 Å². The van der Waals surface area contributed by atoms with Gasteiger partial charge in [0.05, 0.1) is 5.02 Å². The Morgan fingerprint density at radius 1 is 1.45 bits per heavy atom. The molecular formula is C13H18BrClN2O2S. The third-order valence-corrected chi connectivity index (χ3v) is 7.11. The van der Waals surface area contributed by atoms with E-state index in [1.54, 1.807) is 12.1 Å². The van der Waals surface area contributed by atoms with Gasteiger partial charge in [0.1, 0.15) is 4.90 Å². The molecule has 112 valence electrons. The number of piperidine rings is 1. The lowest BCUT2D eigenvalue weighted by Gasteiger charge is -2.41. The van der Waals surface area contributed by atoms with Gasteiger partial charge in [0.15, 0.2) is 0 Å². The monoisotopic (exact) mass is 380 g/mol. The van der Waals surface area contributed by atoms with Gasteiger partial charge < -0.3 is 5.73 Å². The minimum Gasteiger partial charge on any atom is -0.327 e. The van der Waals surface area contributed by atoms with Crippen molar-refractivity contribution in [3.05, 3.63) is 27.7 Å². The highest BCUT2D eigenvalue weighted by molar-refractivity contribution is 9.10. The maximum atomic E-state index is 12.7. The van der Waals surface area contributed by atoms with Gasteiger partial charge in [0.25, 0.3) is 0 Å². The Balaban J connectivity index is 2.39. The third-order valence-electron chi connectivity index (χ3n) is 3.81. The van der Waals surface area contributed by atoms with E-state index in [1.165, 1.54) is 10.4 Å². The number of nitrogens with two attached hydrogens (primary N) is 1. The molecule has 1 aromatic carbocycles. The summed E-state index contributed by atoms with van der Waals surface area (Å²) < 4.78 is 27.5. The molecule has 0 saturated carbocycles. The molecule has 2 N–H and O–H groups in total. The highest BCUT2D eigenvalue weighted by Crippen LogP contribution is 2.35. The summed E-state index contributed by atoms with van der Waals surface area (Å²) in [6, 6.07) is 4.93. The van der Waals surface area contributed by atoms with Gasteiger partial charge in [-0.15, -0.1) is 0 Å². The Morgan fingerprint density at radius 3 is 2.70 bits per heavy atom. The van der Waals surface area contributed by atoms with Gasteiger partial charge in [-0.05, 0) is 39.9 Å². The number of nitrogens with zero attached hydrogens (tertiary/aromatic N) is 1. The lowest BCUT2D eigenvalue weighted by Crippen LogP contribution is -2.53. The summed E-state index contributed by atoms with van der Waals surface area (Å²) in [6.07, 6.45) is 0.651. The van der Waals surface area contributed by atoms with Crippen molar-refractivity contribution in [3.8, 4) is 0 Å². The molecule has 1 aliphatic rings. The van der Waals surface area contributed by atoms with E-state index >= 15 is 0 Å². The van der Waals surface area contributed by atoms with Crippen molar-refractivity contribution in [3.63, 3.8) is 0 Å². The fourth-order valence-electron chi connectivity index (χ4n) is 2.35. The second kappa shape index (κ2) is 5.57. The molecule has 1 saturated heterocycles. The van der Waals surface area contributed by atoms with Crippen molar-refractivity contribution in [1.29, 1.82) is 0 Å². The molecule has 0 amide bonds. The quantitative estimate of drug-likeness (QED) is 0.857. The van der Waals surface area contributed by atoms with Crippen molar-refractivity contribution >= 4 is 37.6 Å². The van der Waals surface area contributed by atoms with Crippen LogP contribution >= 0.6 is 27.5 Å². The van der Waals surface area contributed by atoms with Crippen LogP contribution in [-0.4, -0.2) is 31.9 Å². The molecule has 1 aliphatic heterocycles. The van der Waals surface area contributed by atoms with Crippen LogP contribution in [-0.2, 0) is 10.0 Å². The van der Waals surface area contributed by atoms with Crippen molar-refractivity contribution in [2.45, 2.75) is 31.2 Å². The molecule has 4 nitrogen and oxygen atoms in total. The first-order valence-corrected chi connectivity index (χ1v) is 8.97. The molecule has 1 unspecified atom stereocenters. The first-order valence-electron chi connectivity index (χ1n) is 6.36. The molecule has 1 heterocycles. The van der Waals surface area contributed by atoms with Crippen LogP contribution in [0.5, 0.6) is 0 Å². The Bertz CT molecular complexity index is 619. The zero-order chi connectivity index (χ0) is 15.1. The fourth-order valence-corrected chi connectivity index (χ4v) is 4.98. The summed E-state index contributed by atoms with van der Waals surface area (Å²) >= 11 is 9.38. The number of rotatable bonds is 2. The zero-order valence-electron chi connectivity index (χ0n) is 11.4. The SMILES string of the molecule is CC1(C)CN(S(=O)(=O)c2cccc(Br)c2Cl)CCC1N. The summed E-state index contributed by atoms with van der Waals surface area (Å²) in [5.41, 5.74) is 5.81. The molecule has 20 heavy (non-hydrogen) atoms. The minimum atomic E-state index is -3.59. The fraction of sp³-hybridized carbons (Fsp3) is 0.538. The van der Waals surface area contributed by atoms with Crippen LogP contribution in [0, 0.1) is 5.41 Å². The standard InChI is InChI=1S/C13H18BrClN2O2S/c1-13(2)8-17(7-6-11(13)16)20(18,19)10-5-3-4-9(14)12(10)15/h3-5,11H,6-8,16H2,1-2H3. The Kier molecular flexibility index (Phi) is 4.52. The van der Waals surface area contributed by atoms with E-state index in [0.29, 0.717) is 24.0 Å². The van der Waals surface area contributed by atoms with Crippen LogP contribution in [0.3, 0.4) is 0 Å². The molecule has 2 rings (SSSR count). The van der Waals surface area contributed by atoms with Crippen LogP contribution in [0.25, 0.3) is 0 Å². The lowest BCUT2D eigenvalue weighted by molar-refractivity contribution is 0.155. The lowest BCUT2D eigenvalue weighted by atomic mass is 9.81. The minimum absolute atomic E-state index is 0.00642. The van der Waals surface area contributed by atoms with Gasteiger partial charge in [-0.25, -0.2) is 8.42 Å². The number of hydrogen-bond donors (Lipinski definition) is 1. The first-order chi connectivity index (χ1) is 9.16. The van der Waals surface area contributed by atoms with Crippen LogP contribution in [0.2, 0.25) is 5.02 Å². The van der Waals surface area contributed by atoms with Gasteiger partial charge >= 0.3 is 0 Å². The van der Waals surface area contributed by atoms with E-state index in [1.807, 2.05) is 13.8 Å². The number of halogens is 2. The molecule has 0 aliphatic carbocycles. The smallest absolute Gasteiger partial charge is 0.244 e. The summed E-state index contributed by atoms with van der Waals surface area (Å²) in [5.74, 6) is 0. The summed E-state index contributed by atoms with van der Waals surface area (Å²) in [6.45, 7) is 4.80. The average molecular weight is 382 g/mol. The Morgan fingerprint density at radius 2 is 2.10 bits per heavy atom. The van der Waals surface area contributed by atoms with Crippen molar-refractivity contribution < 1.29 is 8.42 Å². The van der Waals surface area contributed by atoms with Gasteiger partial charge in [0.2, 0.25) is 10.0 Å². The van der Waals surface area contributed by atoms with E-state index in [4.69, 9.17) is 17.3 Å². The largest absolute Gasteiger partial charge is 0.327 e. The summed E-state index contributed by atoms with van der Waals surface area (Å²) in [7, 11) is -3.59. The first kappa shape index (κ1) is 16.2. The van der Waals surface area contributed by atoms with Gasteiger partial charge in [-0.2, -0.15) is 4.31 Å². The predicted octanol–water partition coefficient (Wildman–Crippen LogP) is 2.85. The molecule has 1 fully saturated rings. The Hall–Kier alpha value is -0.140. The highest BCUT2D eigenvalue weighted by Gasteiger charge is 2.39. The number of hydrogen-bond acceptors (Lipinski definition) is 3. The summed E-state index contributed by atoms with van der Waals surface area (Å²) in [5, 5.41) is 0.222. The van der Waals surface area contributed by atoms with E-state index in [0.717, 1.165) is 0 Å². The van der Waals surface area contributed by atoms with Crippen molar-refractivity contribution in [1.82, 2.24) is 4.31 Å². The average Bonchev–Trinajstić information content (AvgIpc) is 2.35. The van der Waals surface area contributed by atoms with Gasteiger partial charge in [0, 0.05) is 23.6 Å². The van der Waals surface area contributed by atoms with E-state index < -0.39 is 10.0 Å². The second-order valence-electron chi connectivity index (χ2n) is 5.77. The van der Waals surface area contributed by atoms with E-state index in [9.17, 15) is 8.42 Å². The van der Waals surface area contributed by atoms with Crippen LogP contribution in [0.4, 0.5) is 0 Å². The molecule has 1 atom stereocenters. The number of benzene rings is 1. The Labute approximate surface area is 133 Å². The normalized spacial score (nSPS) is 23.8. The highest BCUT2D eigenvalue weighted by atomic mass is 79.9. The van der Waals surface area contributed by atoms with Crippen molar-refractivity contribution in [2.75, 3.05) is 13.1 Å². The van der Waals surface area contributed by atoms with Crippen molar-refractivity contribution in [2.24, 2.45) is 11.1 Å². The number of sulfonamides is 1. The molecule has 0 spiro atoms. The van der Waals surface area contributed by atoms with Crippen LogP contribution in [0.1, 0.15) is 20.3 Å². The molecule has 0 radical (unpaired) electrons. The van der Waals surface area contributed by atoms with Gasteiger partial charge in [-0.3, -0.25) is 0 Å².